The summed E-state index contributed by atoms with van der Waals surface area (Å²) in [6.07, 6.45) is 6.85. The average Bonchev–Trinajstić information content (AvgIpc) is 1.98. The first-order valence-corrected chi connectivity index (χ1v) is 5.54. The largest absolute Gasteiger partial charge is 0.289 e. The highest BCUT2D eigenvalue weighted by Gasteiger charge is 2.04. The van der Waals surface area contributed by atoms with Crippen molar-refractivity contribution in [2.45, 2.75) is 33.1 Å². The lowest BCUT2D eigenvalue weighted by atomic mass is 10.4. The summed E-state index contributed by atoms with van der Waals surface area (Å²) in [6.45, 7) is 4.05. The normalized spacial score (nSPS) is 14.9. The topological polar surface area (TPSA) is 17.1 Å². The molecule has 0 aliphatic carbocycles. The molecule has 0 N–H and O–H groups in total. The molecule has 0 aliphatic heterocycles. The number of rotatable bonds is 4. The molecule has 0 aromatic heterocycles. The van der Waals surface area contributed by atoms with Crippen molar-refractivity contribution < 1.29 is 4.79 Å². The van der Waals surface area contributed by atoms with Crippen molar-refractivity contribution in [2.24, 2.45) is 0 Å². The molecule has 1 nitrogen and oxygen atoms in total. The SMILES string of the molecule is [CH2][SH](CCCC)C(=O)CC. The molecule has 0 amide bonds. The Bertz CT molecular complexity index is 101. The third kappa shape index (κ3) is 3.94. The fourth-order valence-corrected chi connectivity index (χ4v) is 2.09. The van der Waals surface area contributed by atoms with Gasteiger partial charge in [-0.1, -0.05) is 20.3 Å². The van der Waals surface area contributed by atoms with Crippen molar-refractivity contribution in [1.29, 1.82) is 0 Å². The molecule has 61 valence electrons. The third-order valence-electron chi connectivity index (χ3n) is 1.44. The van der Waals surface area contributed by atoms with Crippen molar-refractivity contribution in [3.8, 4) is 0 Å². The van der Waals surface area contributed by atoms with Crippen LogP contribution in [0.15, 0.2) is 0 Å². The molecule has 0 aromatic carbocycles. The Morgan fingerprint density at radius 2 is 2.10 bits per heavy atom. The van der Waals surface area contributed by atoms with Gasteiger partial charge in [0, 0.05) is 6.42 Å². The number of carbonyl (C=O) groups excluding carboxylic acids is 1. The predicted octanol–water partition coefficient (Wildman–Crippen LogP) is 2.52. The second-order valence-electron chi connectivity index (χ2n) is 2.36. The molecule has 0 aromatic rings. The number of carbonyl (C=O) groups is 1. The van der Waals surface area contributed by atoms with E-state index >= 15 is 0 Å². The van der Waals surface area contributed by atoms with Crippen LogP contribution in [0.5, 0.6) is 0 Å². The van der Waals surface area contributed by atoms with E-state index in [1.807, 2.05) is 6.92 Å². The van der Waals surface area contributed by atoms with Gasteiger partial charge in [0.05, 0.1) is 0 Å². The first kappa shape index (κ1) is 10.0. The summed E-state index contributed by atoms with van der Waals surface area (Å²) < 4.78 is 0. The Balaban J connectivity index is 3.41. The molecule has 0 spiro atoms. The van der Waals surface area contributed by atoms with Gasteiger partial charge in [-0.3, -0.25) is 4.79 Å². The van der Waals surface area contributed by atoms with E-state index in [-0.39, 0.29) is 0 Å². The number of thiol groups is 1. The highest BCUT2D eigenvalue weighted by molar-refractivity contribution is 8.30. The van der Waals surface area contributed by atoms with E-state index in [0.717, 1.165) is 12.2 Å². The second kappa shape index (κ2) is 5.78. The quantitative estimate of drug-likeness (QED) is 0.627. The van der Waals surface area contributed by atoms with E-state index in [2.05, 4.69) is 13.2 Å². The molecule has 10 heavy (non-hydrogen) atoms. The lowest BCUT2D eigenvalue weighted by Crippen LogP contribution is -1.97. The monoisotopic (exact) mass is 161 g/mol. The van der Waals surface area contributed by atoms with Gasteiger partial charge >= 0.3 is 0 Å². The summed E-state index contributed by atoms with van der Waals surface area (Å²) >= 11 is 0. The molecule has 1 atom stereocenters. The summed E-state index contributed by atoms with van der Waals surface area (Å²) in [7, 11) is -0.537. The van der Waals surface area contributed by atoms with Crippen molar-refractivity contribution in [1.82, 2.24) is 0 Å². The van der Waals surface area contributed by atoms with Gasteiger partial charge in [0.1, 0.15) is 0 Å². The molecule has 0 fully saturated rings. The molecule has 2 heteroatoms. The van der Waals surface area contributed by atoms with E-state index in [9.17, 15) is 4.79 Å². The Kier molecular flexibility index (Phi) is 5.79. The number of unbranched alkanes of at least 4 members (excludes halogenated alkanes) is 1. The smallest absolute Gasteiger partial charge is 0.169 e. The maximum atomic E-state index is 11.0. The van der Waals surface area contributed by atoms with Gasteiger partial charge in [0.25, 0.3) is 0 Å². The minimum Gasteiger partial charge on any atom is -0.289 e. The van der Waals surface area contributed by atoms with Gasteiger partial charge in [0.2, 0.25) is 0 Å². The molecular formula is C8H17OS. The predicted molar refractivity (Wildman–Crippen MR) is 49.4 cm³/mol. The van der Waals surface area contributed by atoms with Crippen LogP contribution in [0.3, 0.4) is 0 Å². The fourth-order valence-electron chi connectivity index (χ4n) is 0.697. The van der Waals surface area contributed by atoms with Crippen molar-refractivity contribution in [3.05, 3.63) is 6.26 Å². The molecule has 0 saturated carbocycles. The highest BCUT2D eigenvalue weighted by atomic mass is 32.2. The number of hydrogen-bond acceptors (Lipinski definition) is 1. The highest BCUT2D eigenvalue weighted by Crippen LogP contribution is 2.26. The van der Waals surface area contributed by atoms with Crippen LogP contribution in [-0.4, -0.2) is 10.9 Å². The van der Waals surface area contributed by atoms with Crippen LogP contribution in [-0.2, 0) is 4.79 Å². The van der Waals surface area contributed by atoms with E-state index in [1.165, 1.54) is 6.42 Å². The average molecular weight is 161 g/mol. The van der Waals surface area contributed by atoms with Crippen LogP contribution in [0.1, 0.15) is 33.1 Å². The molecule has 0 saturated heterocycles. The zero-order valence-corrected chi connectivity index (χ0v) is 7.79. The van der Waals surface area contributed by atoms with Crippen LogP contribution in [0.25, 0.3) is 0 Å². The molecule has 1 unspecified atom stereocenters. The van der Waals surface area contributed by atoms with Crippen LogP contribution >= 0.6 is 10.9 Å². The molecule has 1 radical (unpaired) electrons. The zero-order chi connectivity index (χ0) is 7.98. The van der Waals surface area contributed by atoms with Gasteiger partial charge in [-0.15, -0.1) is 0 Å². The van der Waals surface area contributed by atoms with Crippen LogP contribution in [0.2, 0.25) is 0 Å². The van der Waals surface area contributed by atoms with E-state index in [1.54, 1.807) is 0 Å². The van der Waals surface area contributed by atoms with Gasteiger partial charge in [-0.25, -0.2) is 0 Å². The first-order valence-electron chi connectivity index (χ1n) is 3.83. The van der Waals surface area contributed by atoms with E-state index in [0.29, 0.717) is 11.5 Å². The Labute approximate surface area is 66.5 Å². The maximum absolute atomic E-state index is 11.0. The molecule has 0 aliphatic rings. The van der Waals surface area contributed by atoms with Gasteiger partial charge < -0.3 is 0 Å². The molecular weight excluding hydrogens is 144 g/mol. The fraction of sp³-hybridized carbons (Fsp3) is 0.750. The minimum atomic E-state index is -0.537. The van der Waals surface area contributed by atoms with Gasteiger partial charge in [-0.2, -0.15) is 10.9 Å². The summed E-state index contributed by atoms with van der Waals surface area (Å²) in [5.41, 5.74) is 0. The lowest BCUT2D eigenvalue weighted by molar-refractivity contribution is -0.110. The summed E-state index contributed by atoms with van der Waals surface area (Å²) in [5, 5.41) is 0.364. The maximum Gasteiger partial charge on any atom is 0.169 e. The van der Waals surface area contributed by atoms with Gasteiger partial charge in [0.15, 0.2) is 5.12 Å². The van der Waals surface area contributed by atoms with Crippen molar-refractivity contribution in [3.63, 3.8) is 0 Å². The Morgan fingerprint density at radius 3 is 2.50 bits per heavy atom. The third-order valence-corrected chi connectivity index (χ3v) is 3.31. The molecule has 0 rings (SSSR count). The van der Waals surface area contributed by atoms with Crippen LogP contribution in [0.4, 0.5) is 0 Å². The number of hydrogen-bond donors (Lipinski definition) is 1. The van der Waals surface area contributed by atoms with E-state index < -0.39 is 10.9 Å². The van der Waals surface area contributed by atoms with Crippen LogP contribution < -0.4 is 0 Å². The first-order chi connectivity index (χ1) is 4.72. The summed E-state index contributed by atoms with van der Waals surface area (Å²) in [6, 6.07) is 0. The molecule has 0 heterocycles. The van der Waals surface area contributed by atoms with Crippen LogP contribution in [0, 0.1) is 6.26 Å². The van der Waals surface area contributed by atoms with Crippen molar-refractivity contribution in [2.75, 3.05) is 5.75 Å². The zero-order valence-electron chi connectivity index (χ0n) is 6.89. The molecule has 0 bridgehead atoms. The lowest BCUT2D eigenvalue weighted by Gasteiger charge is -2.11. The van der Waals surface area contributed by atoms with E-state index in [4.69, 9.17) is 0 Å². The Hall–Kier alpha value is 0.0200. The Morgan fingerprint density at radius 1 is 1.50 bits per heavy atom. The minimum absolute atomic E-state index is 0.364. The standard InChI is InChI=1S/C8H17OS/c1-4-6-7-10(3)8(9)5-2/h10H,3-7H2,1-2H3. The summed E-state index contributed by atoms with van der Waals surface area (Å²) in [5.74, 6) is 1.03. The van der Waals surface area contributed by atoms with Crippen molar-refractivity contribution >= 4 is 16.0 Å². The van der Waals surface area contributed by atoms with Gasteiger partial charge in [-0.05, 0) is 18.4 Å². The second-order valence-corrected chi connectivity index (χ2v) is 4.39. The summed E-state index contributed by atoms with van der Waals surface area (Å²) in [4.78, 5) is 11.0.